The average molecular weight is 256 g/mol. The molecule has 5 heteroatoms. The first-order valence-corrected chi connectivity index (χ1v) is 6.59. The molecule has 1 atom stereocenters. The number of rotatable bonds is 2. The fraction of sp³-hybridized carbons (Fsp3) is 0.846. The molecule has 0 unspecified atom stereocenters. The Hall–Kier alpha value is -1.26. The fourth-order valence-electron chi connectivity index (χ4n) is 1.92. The minimum atomic E-state index is -0.476. The van der Waals surface area contributed by atoms with Crippen LogP contribution in [0, 0.1) is 0 Å². The smallest absolute Gasteiger partial charge is 0.410 e. The SMILES string of the molecule is CCC(=O)N[C@H]1CCCN(C(=O)OC(C)(C)C)C1. The van der Waals surface area contributed by atoms with Crippen LogP contribution < -0.4 is 5.32 Å². The molecule has 0 aliphatic carbocycles. The molecule has 0 radical (unpaired) electrons. The van der Waals surface area contributed by atoms with Gasteiger partial charge in [-0.05, 0) is 33.6 Å². The molecular weight excluding hydrogens is 232 g/mol. The van der Waals surface area contributed by atoms with E-state index in [0.29, 0.717) is 19.5 Å². The number of likely N-dealkylation sites (tertiary alicyclic amines) is 1. The second kappa shape index (κ2) is 6.07. The van der Waals surface area contributed by atoms with Crippen molar-refractivity contribution in [1.82, 2.24) is 10.2 Å². The van der Waals surface area contributed by atoms with Gasteiger partial charge in [0.1, 0.15) is 5.60 Å². The molecule has 0 spiro atoms. The lowest BCUT2D eigenvalue weighted by Gasteiger charge is -2.34. The first kappa shape index (κ1) is 14.8. The number of ether oxygens (including phenoxy) is 1. The number of amides is 2. The maximum atomic E-state index is 11.9. The standard InChI is InChI=1S/C13H24N2O3/c1-5-11(16)14-10-7-6-8-15(9-10)12(17)18-13(2,3)4/h10H,5-9H2,1-4H3,(H,14,16)/t10-/m0/s1. The van der Waals surface area contributed by atoms with E-state index in [4.69, 9.17) is 4.74 Å². The maximum Gasteiger partial charge on any atom is 0.410 e. The highest BCUT2D eigenvalue weighted by Gasteiger charge is 2.27. The highest BCUT2D eigenvalue weighted by atomic mass is 16.6. The van der Waals surface area contributed by atoms with E-state index >= 15 is 0 Å². The third kappa shape index (κ3) is 4.94. The van der Waals surface area contributed by atoms with Crippen LogP contribution in [0.15, 0.2) is 0 Å². The molecule has 1 heterocycles. The maximum absolute atomic E-state index is 11.9. The summed E-state index contributed by atoms with van der Waals surface area (Å²) in [5.41, 5.74) is -0.476. The minimum Gasteiger partial charge on any atom is -0.444 e. The zero-order chi connectivity index (χ0) is 13.8. The monoisotopic (exact) mass is 256 g/mol. The van der Waals surface area contributed by atoms with Gasteiger partial charge in [0, 0.05) is 25.6 Å². The Bertz CT molecular complexity index is 310. The van der Waals surface area contributed by atoms with Crippen LogP contribution in [0.25, 0.3) is 0 Å². The summed E-state index contributed by atoms with van der Waals surface area (Å²) in [7, 11) is 0. The fourth-order valence-corrected chi connectivity index (χ4v) is 1.92. The van der Waals surface area contributed by atoms with Gasteiger partial charge in [0.2, 0.25) is 5.91 Å². The second-order valence-corrected chi connectivity index (χ2v) is 5.69. The first-order chi connectivity index (χ1) is 8.31. The predicted molar refractivity (Wildman–Crippen MR) is 69.3 cm³/mol. The van der Waals surface area contributed by atoms with Crippen LogP contribution in [0.2, 0.25) is 0 Å². The molecule has 1 saturated heterocycles. The van der Waals surface area contributed by atoms with E-state index in [0.717, 1.165) is 12.8 Å². The number of piperidine rings is 1. The van der Waals surface area contributed by atoms with Crippen LogP contribution in [0.4, 0.5) is 4.79 Å². The lowest BCUT2D eigenvalue weighted by atomic mass is 10.1. The summed E-state index contributed by atoms with van der Waals surface area (Å²) in [6.45, 7) is 8.62. The van der Waals surface area contributed by atoms with E-state index in [2.05, 4.69) is 5.32 Å². The first-order valence-electron chi connectivity index (χ1n) is 6.59. The highest BCUT2D eigenvalue weighted by molar-refractivity contribution is 5.76. The van der Waals surface area contributed by atoms with Gasteiger partial charge in [0.25, 0.3) is 0 Å². The van der Waals surface area contributed by atoms with Crippen molar-refractivity contribution in [2.24, 2.45) is 0 Å². The van der Waals surface area contributed by atoms with Crippen LogP contribution in [0.5, 0.6) is 0 Å². The zero-order valence-electron chi connectivity index (χ0n) is 11.8. The summed E-state index contributed by atoms with van der Waals surface area (Å²) in [5, 5.41) is 2.93. The van der Waals surface area contributed by atoms with Crippen molar-refractivity contribution >= 4 is 12.0 Å². The van der Waals surface area contributed by atoms with Crippen molar-refractivity contribution in [2.75, 3.05) is 13.1 Å². The van der Waals surface area contributed by atoms with Gasteiger partial charge in [-0.1, -0.05) is 6.92 Å². The van der Waals surface area contributed by atoms with Gasteiger partial charge in [-0.2, -0.15) is 0 Å². The molecule has 1 aliphatic heterocycles. The molecule has 18 heavy (non-hydrogen) atoms. The van der Waals surface area contributed by atoms with Gasteiger partial charge < -0.3 is 15.0 Å². The van der Waals surface area contributed by atoms with Crippen LogP contribution in [0.1, 0.15) is 47.0 Å². The molecule has 0 aromatic carbocycles. The lowest BCUT2D eigenvalue weighted by Crippen LogP contribution is -2.50. The van der Waals surface area contributed by atoms with Gasteiger partial charge in [0.15, 0.2) is 0 Å². The van der Waals surface area contributed by atoms with Crippen molar-refractivity contribution < 1.29 is 14.3 Å². The third-order valence-electron chi connectivity index (χ3n) is 2.76. The highest BCUT2D eigenvalue weighted by Crippen LogP contribution is 2.15. The molecule has 2 amide bonds. The van der Waals surface area contributed by atoms with E-state index in [1.807, 2.05) is 27.7 Å². The van der Waals surface area contributed by atoms with E-state index < -0.39 is 5.60 Å². The lowest BCUT2D eigenvalue weighted by molar-refractivity contribution is -0.121. The topological polar surface area (TPSA) is 58.6 Å². The number of hydrogen-bond donors (Lipinski definition) is 1. The Morgan fingerprint density at radius 3 is 2.61 bits per heavy atom. The number of hydrogen-bond acceptors (Lipinski definition) is 3. The predicted octanol–water partition coefficient (Wildman–Crippen LogP) is 1.91. The van der Waals surface area contributed by atoms with Crippen molar-refractivity contribution in [1.29, 1.82) is 0 Å². The van der Waals surface area contributed by atoms with E-state index in [1.54, 1.807) is 4.90 Å². The molecule has 0 bridgehead atoms. The normalized spacial score (nSPS) is 20.4. The van der Waals surface area contributed by atoms with Gasteiger partial charge in [-0.25, -0.2) is 4.79 Å². The van der Waals surface area contributed by atoms with Crippen LogP contribution in [-0.4, -0.2) is 41.6 Å². The quantitative estimate of drug-likeness (QED) is 0.821. The Balaban J connectivity index is 2.48. The van der Waals surface area contributed by atoms with Gasteiger partial charge >= 0.3 is 6.09 Å². The van der Waals surface area contributed by atoms with Crippen molar-refractivity contribution in [2.45, 2.75) is 58.6 Å². The summed E-state index contributed by atoms with van der Waals surface area (Å²) in [4.78, 5) is 24.9. The van der Waals surface area contributed by atoms with Gasteiger partial charge in [-0.3, -0.25) is 4.79 Å². The number of carbonyl (C=O) groups excluding carboxylic acids is 2. The number of carbonyl (C=O) groups is 2. The average Bonchev–Trinajstić information content (AvgIpc) is 2.27. The van der Waals surface area contributed by atoms with Crippen molar-refractivity contribution in [3.05, 3.63) is 0 Å². The molecule has 1 N–H and O–H groups in total. The molecule has 5 nitrogen and oxygen atoms in total. The van der Waals surface area contributed by atoms with Crippen LogP contribution in [0.3, 0.4) is 0 Å². The Kier molecular flexibility index (Phi) is 4.99. The third-order valence-corrected chi connectivity index (χ3v) is 2.76. The van der Waals surface area contributed by atoms with Gasteiger partial charge in [-0.15, -0.1) is 0 Å². The molecule has 104 valence electrons. The largest absolute Gasteiger partial charge is 0.444 e. The molecule has 1 fully saturated rings. The molecule has 0 aromatic heterocycles. The van der Waals surface area contributed by atoms with E-state index in [9.17, 15) is 9.59 Å². The summed E-state index contributed by atoms with van der Waals surface area (Å²) in [6.07, 6.45) is 2.00. The summed E-state index contributed by atoms with van der Waals surface area (Å²) < 4.78 is 5.33. The van der Waals surface area contributed by atoms with Crippen molar-refractivity contribution in [3.63, 3.8) is 0 Å². The van der Waals surface area contributed by atoms with E-state index in [1.165, 1.54) is 0 Å². The minimum absolute atomic E-state index is 0.0334. The Morgan fingerprint density at radius 1 is 1.39 bits per heavy atom. The molecule has 1 rings (SSSR count). The van der Waals surface area contributed by atoms with Crippen molar-refractivity contribution in [3.8, 4) is 0 Å². The number of nitrogens with zero attached hydrogens (tertiary/aromatic N) is 1. The second-order valence-electron chi connectivity index (χ2n) is 5.69. The molecular formula is C13H24N2O3. The molecule has 1 aliphatic rings. The van der Waals surface area contributed by atoms with Gasteiger partial charge in [0.05, 0.1) is 0 Å². The Labute approximate surface area is 109 Å². The zero-order valence-corrected chi connectivity index (χ0v) is 11.8. The molecule has 0 saturated carbocycles. The summed E-state index contributed by atoms with van der Waals surface area (Å²) in [6, 6.07) is 0.0544. The Morgan fingerprint density at radius 2 is 2.06 bits per heavy atom. The van der Waals surface area contributed by atoms with Crippen LogP contribution in [-0.2, 0) is 9.53 Å². The molecule has 0 aromatic rings. The van der Waals surface area contributed by atoms with E-state index in [-0.39, 0.29) is 18.0 Å². The van der Waals surface area contributed by atoms with Crippen LogP contribution >= 0.6 is 0 Å². The number of nitrogens with one attached hydrogen (secondary N) is 1. The summed E-state index contributed by atoms with van der Waals surface area (Å²) >= 11 is 0. The summed E-state index contributed by atoms with van der Waals surface area (Å²) in [5.74, 6) is 0.0334.